The Kier molecular flexibility index (Phi) is 12.0. The van der Waals surface area contributed by atoms with Crippen LogP contribution in [0.15, 0.2) is 315 Å². The molecule has 2 aliphatic rings. The fourth-order valence-corrected chi connectivity index (χ4v) is 16.3. The van der Waals surface area contributed by atoms with Crippen molar-refractivity contribution < 1.29 is 0 Å². The van der Waals surface area contributed by atoms with E-state index in [0.717, 1.165) is 45.3 Å². The predicted octanol–water partition coefficient (Wildman–Crippen LogP) is 25.2. The highest BCUT2D eigenvalue weighted by Crippen LogP contribution is 2.57. The molecule has 2 nitrogen and oxygen atoms in total. The summed E-state index contributed by atoms with van der Waals surface area (Å²) >= 11 is 0. The van der Waals surface area contributed by atoms with Crippen molar-refractivity contribution in [1.82, 2.24) is 0 Å². The smallest absolute Gasteiger partial charge is 0.0618 e. The third-order valence-corrected chi connectivity index (χ3v) is 20.5. The molecule has 16 aromatic rings. The van der Waals surface area contributed by atoms with Crippen molar-refractivity contribution in [3.05, 3.63) is 338 Å². The molecule has 92 heavy (non-hydrogen) atoms. The van der Waals surface area contributed by atoms with Crippen molar-refractivity contribution in [3.63, 3.8) is 0 Å². The average molecular weight is 1170 g/mol. The van der Waals surface area contributed by atoms with Gasteiger partial charge in [0, 0.05) is 55.1 Å². The van der Waals surface area contributed by atoms with Crippen LogP contribution in [0.3, 0.4) is 0 Å². The maximum atomic E-state index is 2.53. The number of para-hydroxylation sites is 2. The van der Waals surface area contributed by atoms with Gasteiger partial charge in [0.15, 0.2) is 0 Å². The zero-order chi connectivity index (χ0) is 61.4. The van der Waals surface area contributed by atoms with Gasteiger partial charge in [-0.1, -0.05) is 270 Å². The first-order valence-electron chi connectivity index (χ1n) is 32.3. The van der Waals surface area contributed by atoms with E-state index in [-0.39, 0.29) is 10.8 Å². The number of nitrogens with zero attached hydrogens (tertiary/aromatic N) is 2. The molecule has 0 saturated heterocycles. The fourth-order valence-electron chi connectivity index (χ4n) is 16.3. The quantitative estimate of drug-likeness (QED) is 0.133. The molecule has 0 fully saturated rings. The van der Waals surface area contributed by atoms with Gasteiger partial charge in [-0.3, -0.25) is 0 Å². The Labute approximate surface area is 537 Å². The molecule has 0 saturated carbocycles. The van der Waals surface area contributed by atoms with Crippen molar-refractivity contribution in [2.45, 2.75) is 38.5 Å². The molecule has 0 atom stereocenters. The predicted molar refractivity (Wildman–Crippen MR) is 392 cm³/mol. The van der Waals surface area contributed by atoms with E-state index in [4.69, 9.17) is 0 Å². The molecule has 0 aliphatic heterocycles. The van der Waals surface area contributed by atoms with Crippen LogP contribution in [0, 0.1) is 0 Å². The maximum absolute atomic E-state index is 2.53. The largest absolute Gasteiger partial charge is 0.309 e. The monoisotopic (exact) mass is 1170 g/mol. The number of anilines is 6. The van der Waals surface area contributed by atoms with Gasteiger partial charge in [0.05, 0.1) is 11.4 Å². The molecule has 16 aromatic carbocycles. The van der Waals surface area contributed by atoms with E-state index < -0.39 is 0 Å². The lowest BCUT2D eigenvalue weighted by molar-refractivity contribution is 0.660. The highest BCUT2D eigenvalue weighted by Gasteiger charge is 2.38. The second kappa shape index (κ2) is 20.6. The van der Waals surface area contributed by atoms with Crippen molar-refractivity contribution in [3.8, 4) is 55.6 Å². The Morgan fingerprint density at radius 3 is 0.859 bits per heavy atom. The highest BCUT2D eigenvalue weighted by molar-refractivity contribution is 6.26. The van der Waals surface area contributed by atoms with E-state index in [0.29, 0.717) is 0 Å². The van der Waals surface area contributed by atoms with E-state index in [1.54, 1.807) is 0 Å². The first-order valence-corrected chi connectivity index (χ1v) is 32.3. The summed E-state index contributed by atoms with van der Waals surface area (Å²) in [5, 5.41) is 14.3. The number of benzene rings is 16. The standard InChI is InChI=1S/C90H64N2/c1-89(2)80-45-25-23-35-68(80)70-49-47-64(55-82(70)89)91(62-29-7-5-8-30-62)87-76-41-19-15-37-72(76)85(73-38-16-20-42-77(73)87)60-52-59(84-66-33-13-11-27-57(66)51-58-28-12-14-34-67(58)84)53-61(54-60)86-74-39-17-21-43-78(74)88(79-44-22-18-40-75(79)86)92(63-31-9-6-10-32-63)65-48-50-71-69-36-24-26-46-81(69)90(3,4)83(71)56-65/h5-56H,1-4H3. The Hall–Kier alpha value is -11.3. The minimum atomic E-state index is -0.179. The maximum Gasteiger partial charge on any atom is 0.0618 e. The second-order valence-corrected chi connectivity index (χ2v) is 26.3. The first kappa shape index (κ1) is 53.7. The summed E-state index contributed by atoms with van der Waals surface area (Å²) in [6.45, 7) is 9.52. The third kappa shape index (κ3) is 8.06. The van der Waals surface area contributed by atoms with E-state index in [1.165, 1.54) is 131 Å². The van der Waals surface area contributed by atoms with Gasteiger partial charge in [-0.2, -0.15) is 0 Å². The molecular weight excluding hydrogens is 1110 g/mol. The molecule has 0 spiro atoms. The first-order chi connectivity index (χ1) is 45.2. The van der Waals surface area contributed by atoms with Crippen LogP contribution in [0.25, 0.3) is 120 Å². The summed E-state index contributed by atoms with van der Waals surface area (Å²) in [5.41, 5.74) is 24.2. The molecule has 2 aliphatic carbocycles. The molecule has 18 rings (SSSR count). The van der Waals surface area contributed by atoms with Crippen molar-refractivity contribution in [2.24, 2.45) is 0 Å². The number of hydrogen-bond donors (Lipinski definition) is 0. The van der Waals surface area contributed by atoms with Gasteiger partial charge in [-0.25, -0.2) is 0 Å². The average Bonchev–Trinajstić information content (AvgIpc) is 1.02. The van der Waals surface area contributed by atoms with Gasteiger partial charge in [0.2, 0.25) is 0 Å². The molecule has 0 amide bonds. The van der Waals surface area contributed by atoms with Crippen molar-refractivity contribution >= 4 is 98.8 Å². The summed E-state index contributed by atoms with van der Waals surface area (Å²) < 4.78 is 0. The van der Waals surface area contributed by atoms with Crippen LogP contribution in [0.4, 0.5) is 34.1 Å². The Bertz CT molecular complexity index is 5260. The molecule has 434 valence electrons. The topological polar surface area (TPSA) is 6.48 Å². The molecule has 0 N–H and O–H groups in total. The van der Waals surface area contributed by atoms with E-state index in [9.17, 15) is 0 Å². The lowest BCUT2D eigenvalue weighted by atomic mass is 9.82. The van der Waals surface area contributed by atoms with Crippen LogP contribution in [0.1, 0.15) is 49.9 Å². The Morgan fingerprint density at radius 1 is 0.207 bits per heavy atom. The molecule has 0 heterocycles. The normalized spacial score (nSPS) is 13.4. The lowest BCUT2D eigenvalue weighted by Crippen LogP contribution is -2.17. The van der Waals surface area contributed by atoms with E-state index in [1.807, 2.05) is 0 Å². The van der Waals surface area contributed by atoms with Gasteiger partial charge in [-0.15, -0.1) is 0 Å². The minimum absolute atomic E-state index is 0.179. The fraction of sp³-hybridized carbons (Fsp3) is 0.0667. The number of rotatable bonds is 9. The van der Waals surface area contributed by atoms with Crippen molar-refractivity contribution in [2.75, 3.05) is 9.80 Å². The Balaban J connectivity index is 0.920. The summed E-state index contributed by atoms with van der Waals surface area (Å²) in [5.74, 6) is 0. The van der Waals surface area contributed by atoms with E-state index in [2.05, 4.69) is 353 Å². The summed E-state index contributed by atoms with van der Waals surface area (Å²) in [6.07, 6.45) is 0. The van der Waals surface area contributed by atoms with Gasteiger partial charge in [0.1, 0.15) is 0 Å². The van der Waals surface area contributed by atoms with Gasteiger partial charge >= 0.3 is 0 Å². The summed E-state index contributed by atoms with van der Waals surface area (Å²) in [6, 6.07) is 119. The van der Waals surface area contributed by atoms with E-state index >= 15 is 0 Å². The van der Waals surface area contributed by atoms with Crippen LogP contribution in [-0.4, -0.2) is 0 Å². The SMILES string of the molecule is CC1(C)c2ccccc2-c2ccc(N(c3ccccc3)c3c4ccccc4c(-c4cc(-c5c6ccccc6cc6ccccc56)cc(-c5c6ccccc6c(N(c6ccccc6)c6ccc7c(c6)C(C)(C)c6ccccc6-7)c6ccccc56)c4)c4ccccc34)cc21. The second-order valence-electron chi connectivity index (χ2n) is 26.3. The van der Waals surface area contributed by atoms with Crippen LogP contribution in [0.5, 0.6) is 0 Å². The van der Waals surface area contributed by atoms with Crippen LogP contribution < -0.4 is 9.80 Å². The van der Waals surface area contributed by atoms with Gasteiger partial charge in [0.25, 0.3) is 0 Å². The van der Waals surface area contributed by atoms with Crippen molar-refractivity contribution in [1.29, 1.82) is 0 Å². The van der Waals surface area contributed by atoms with Crippen LogP contribution >= 0.6 is 0 Å². The molecule has 2 heteroatoms. The Morgan fingerprint density at radius 2 is 0.489 bits per heavy atom. The third-order valence-electron chi connectivity index (χ3n) is 20.5. The molecule has 0 bridgehead atoms. The lowest BCUT2D eigenvalue weighted by Gasteiger charge is -2.31. The van der Waals surface area contributed by atoms with Gasteiger partial charge in [-0.05, 0) is 194 Å². The van der Waals surface area contributed by atoms with Crippen LogP contribution in [0.2, 0.25) is 0 Å². The number of fused-ring (bicyclic) bond motifs is 12. The number of hydrogen-bond acceptors (Lipinski definition) is 2. The molecule has 0 unspecified atom stereocenters. The highest BCUT2D eigenvalue weighted by atomic mass is 15.2. The van der Waals surface area contributed by atoms with Crippen LogP contribution in [-0.2, 0) is 10.8 Å². The molecular formula is C90H64N2. The molecule has 0 radical (unpaired) electrons. The minimum Gasteiger partial charge on any atom is -0.309 e. The van der Waals surface area contributed by atoms with Gasteiger partial charge < -0.3 is 9.80 Å². The molecule has 0 aromatic heterocycles. The summed E-state index contributed by atoms with van der Waals surface area (Å²) in [4.78, 5) is 5.05. The zero-order valence-electron chi connectivity index (χ0n) is 51.9. The summed E-state index contributed by atoms with van der Waals surface area (Å²) in [7, 11) is 0. The zero-order valence-corrected chi connectivity index (χ0v) is 51.9.